The summed E-state index contributed by atoms with van der Waals surface area (Å²) in [6.45, 7) is 6.06. The van der Waals surface area contributed by atoms with Crippen LogP contribution in [0.15, 0.2) is 24.3 Å². The van der Waals surface area contributed by atoms with Gasteiger partial charge in [-0.25, -0.2) is 13.1 Å². The van der Waals surface area contributed by atoms with Crippen molar-refractivity contribution in [1.29, 1.82) is 0 Å². The summed E-state index contributed by atoms with van der Waals surface area (Å²) < 4.78 is 31.5. The van der Waals surface area contributed by atoms with E-state index in [1.807, 2.05) is 24.3 Å². The summed E-state index contributed by atoms with van der Waals surface area (Å²) in [5.41, 5.74) is 1.94. The molecule has 0 aliphatic heterocycles. The summed E-state index contributed by atoms with van der Waals surface area (Å²) in [5, 5.41) is 3.31. The van der Waals surface area contributed by atoms with Crippen molar-refractivity contribution in [2.24, 2.45) is 0 Å². The number of benzene rings is 1. The highest BCUT2D eigenvalue weighted by Gasteiger charge is 2.15. The summed E-state index contributed by atoms with van der Waals surface area (Å²) >= 11 is 0. The molecular formula is C15H26N2O3S. The molecule has 0 heterocycles. The first-order valence-electron chi connectivity index (χ1n) is 7.24. The monoisotopic (exact) mass is 314 g/mol. The molecule has 2 N–H and O–H groups in total. The van der Waals surface area contributed by atoms with E-state index in [0.717, 1.165) is 30.6 Å². The highest BCUT2D eigenvalue weighted by Crippen LogP contribution is 2.08. The van der Waals surface area contributed by atoms with Gasteiger partial charge in [-0.15, -0.1) is 0 Å². The van der Waals surface area contributed by atoms with E-state index in [1.54, 1.807) is 14.0 Å². The topological polar surface area (TPSA) is 67.4 Å². The molecule has 1 aromatic rings. The molecule has 0 fully saturated rings. The van der Waals surface area contributed by atoms with Crippen molar-refractivity contribution in [2.45, 2.75) is 38.6 Å². The molecule has 21 heavy (non-hydrogen) atoms. The molecule has 5 nitrogen and oxygen atoms in total. The standard InChI is InChI=1S/C15H26N2O3S/c1-4-9-16-10-14-5-7-15(8-6-14)12-21(18,19)17-13(2)11-20-3/h5-8,13,16-17H,4,9-12H2,1-3H3. The molecule has 0 radical (unpaired) electrons. The molecular weight excluding hydrogens is 288 g/mol. The van der Waals surface area contributed by atoms with Crippen molar-refractivity contribution >= 4 is 10.0 Å². The van der Waals surface area contributed by atoms with Gasteiger partial charge in [0.25, 0.3) is 0 Å². The van der Waals surface area contributed by atoms with Crippen LogP contribution in [0.1, 0.15) is 31.4 Å². The van der Waals surface area contributed by atoms with Crippen molar-refractivity contribution in [3.8, 4) is 0 Å². The Bertz CT molecular complexity index is 500. The number of methoxy groups -OCH3 is 1. The lowest BCUT2D eigenvalue weighted by atomic mass is 10.1. The van der Waals surface area contributed by atoms with Gasteiger partial charge in [0.05, 0.1) is 12.4 Å². The van der Waals surface area contributed by atoms with Crippen molar-refractivity contribution < 1.29 is 13.2 Å². The van der Waals surface area contributed by atoms with E-state index in [0.29, 0.717) is 6.61 Å². The summed E-state index contributed by atoms with van der Waals surface area (Å²) in [6, 6.07) is 7.43. The molecule has 0 aliphatic rings. The Hall–Kier alpha value is -0.950. The van der Waals surface area contributed by atoms with Gasteiger partial charge in [-0.3, -0.25) is 0 Å². The summed E-state index contributed by atoms with van der Waals surface area (Å²) in [5.74, 6) is -0.0102. The smallest absolute Gasteiger partial charge is 0.216 e. The lowest BCUT2D eigenvalue weighted by Gasteiger charge is -2.13. The Labute approximate surface area is 128 Å². The molecule has 0 spiro atoms. The Morgan fingerprint density at radius 3 is 2.38 bits per heavy atom. The minimum absolute atomic E-state index is 0.0102. The predicted octanol–water partition coefficient (Wildman–Crippen LogP) is 1.64. The van der Waals surface area contributed by atoms with Gasteiger partial charge in [-0.1, -0.05) is 31.2 Å². The second-order valence-electron chi connectivity index (χ2n) is 5.23. The van der Waals surface area contributed by atoms with Crippen LogP contribution in [-0.2, 0) is 27.1 Å². The molecule has 6 heteroatoms. The molecule has 120 valence electrons. The highest BCUT2D eigenvalue weighted by molar-refractivity contribution is 7.88. The Morgan fingerprint density at radius 2 is 1.81 bits per heavy atom. The third-order valence-corrected chi connectivity index (χ3v) is 4.41. The first-order chi connectivity index (χ1) is 9.96. The molecule has 0 amide bonds. The van der Waals surface area contributed by atoms with Crippen molar-refractivity contribution in [2.75, 3.05) is 20.3 Å². The van der Waals surface area contributed by atoms with Gasteiger partial charge in [0.15, 0.2) is 0 Å². The van der Waals surface area contributed by atoms with Crippen LogP contribution >= 0.6 is 0 Å². The zero-order valence-corrected chi connectivity index (χ0v) is 13.9. The number of hydrogen-bond acceptors (Lipinski definition) is 4. The lowest BCUT2D eigenvalue weighted by molar-refractivity contribution is 0.180. The van der Waals surface area contributed by atoms with Crippen LogP contribution in [0.3, 0.4) is 0 Å². The highest BCUT2D eigenvalue weighted by atomic mass is 32.2. The first-order valence-corrected chi connectivity index (χ1v) is 8.89. The Kier molecular flexibility index (Phi) is 7.88. The lowest BCUT2D eigenvalue weighted by Crippen LogP contribution is -2.36. The normalized spacial score (nSPS) is 13.3. The van der Waals surface area contributed by atoms with Gasteiger partial charge in [0.1, 0.15) is 0 Å². The second kappa shape index (κ2) is 9.15. The van der Waals surface area contributed by atoms with Gasteiger partial charge in [-0.05, 0) is 31.0 Å². The maximum Gasteiger partial charge on any atom is 0.216 e. The Morgan fingerprint density at radius 1 is 1.19 bits per heavy atom. The van der Waals surface area contributed by atoms with Crippen LogP contribution in [0.5, 0.6) is 0 Å². The van der Waals surface area contributed by atoms with Gasteiger partial charge in [0, 0.05) is 19.7 Å². The summed E-state index contributed by atoms with van der Waals surface area (Å²) in [4.78, 5) is 0. The molecule has 0 aromatic heterocycles. The van der Waals surface area contributed by atoms with Crippen LogP contribution in [0, 0.1) is 0 Å². The molecule has 0 aliphatic carbocycles. The number of hydrogen-bond donors (Lipinski definition) is 2. The fraction of sp³-hybridized carbons (Fsp3) is 0.600. The number of sulfonamides is 1. The molecule has 1 unspecified atom stereocenters. The SMILES string of the molecule is CCCNCc1ccc(CS(=O)(=O)NC(C)COC)cc1. The summed E-state index contributed by atoms with van der Waals surface area (Å²) in [7, 11) is -1.78. The van der Waals surface area contributed by atoms with Crippen LogP contribution in [0.4, 0.5) is 0 Å². The van der Waals surface area contributed by atoms with E-state index in [4.69, 9.17) is 4.74 Å². The van der Waals surface area contributed by atoms with E-state index in [2.05, 4.69) is 17.0 Å². The summed E-state index contributed by atoms with van der Waals surface area (Å²) in [6.07, 6.45) is 1.10. The number of rotatable bonds is 10. The fourth-order valence-electron chi connectivity index (χ4n) is 2.01. The molecule has 1 aromatic carbocycles. The second-order valence-corrected chi connectivity index (χ2v) is 6.98. The predicted molar refractivity (Wildman–Crippen MR) is 85.5 cm³/mol. The third kappa shape index (κ3) is 7.57. The van der Waals surface area contributed by atoms with Crippen molar-refractivity contribution in [1.82, 2.24) is 10.0 Å². The van der Waals surface area contributed by atoms with Crippen LogP contribution in [-0.4, -0.2) is 34.7 Å². The number of ether oxygens (including phenoxy) is 1. The quantitative estimate of drug-likeness (QED) is 0.644. The zero-order chi connectivity index (χ0) is 15.7. The van der Waals surface area contributed by atoms with Crippen molar-refractivity contribution in [3.05, 3.63) is 35.4 Å². The largest absolute Gasteiger partial charge is 0.383 e. The molecule has 0 saturated heterocycles. The van der Waals surface area contributed by atoms with Gasteiger partial charge in [-0.2, -0.15) is 0 Å². The van der Waals surface area contributed by atoms with Crippen LogP contribution in [0.2, 0.25) is 0 Å². The average molecular weight is 314 g/mol. The van der Waals surface area contributed by atoms with Crippen molar-refractivity contribution in [3.63, 3.8) is 0 Å². The molecule has 0 saturated carbocycles. The fourth-order valence-corrected chi connectivity index (χ4v) is 3.41. The van der Waals surface area contributed by atoms with Gasteiger partial charge < -0.3 is 10.1 Å². The van der Waals surface area contributed by atoms with E-state index in [1.165, 1.54) is 0 Å². The average Bonchev–Trinajstić information content (AvgIpc) is 2.40. The van der Waals surface area contributed by atoms with Gasteiger partial charge >= 0.3 is 0 Å². The van der Waals surface area contributed by atoms with Gasteiger partial charge in [0.2, 0.25) is 10.0 Å². The molecule has 0 bridgehead atoms. The minimum atomic E-state index is -3.34. The molecule has 1 rings (SSSR count). The van der Waals surface area contributed by atoms with Crippen LogP contribution < -0.4 is 10.0 Å². The number of nitrogens with one attached hydrogen (secondary N) is 2. The van der Waals surface area contributed by atoms with E-state index >= 15 is 0 Å². The minimum Gasteiger partial charge on any atom is -0.383 e. The first kappa shape index (κ1) is 18.1. The Balaban J connectivity index is 2.54. The van der Waals surface area contributed by atoms with E-state index < -0.39 is 10.0 Å². The third-order valence-electron chi connectivity index (χ3n) is 2.93. The molecule has 1 atom stereocenters. The zero-order valence-electron chi connectivity index (χ0n) is 13.1. The maximum atomic E-state index is 12.0. The van der Waals surface area contributed by atoms with E-state index in [-0.39, 0.29) is 11.8 Å². The van der Waals surface area contributed by atoms with E-state index in [9.17, 15) is 8.42 Å². The maximum absolute atomic E-state index is 12.0. The van der Waals surface area contributed by atoms with Crippen LogP contribution in [0.25, 0.3) is 0 Å².